The van der Waals surface area contributed by atoms with E-state index in [9.17, 15) is 13.2 Å². The van der Waals surface area contributed by atoms with Gasteiger partial charge in [-0.25, -0.2) is 4.79 Å². The van der Waals surface area contributed by atoms with Crippen LogP contribution in [0, 0.1) is 11.3 Å². The molecule has 0 bridgehead atoms. The summed E-state index contributed by atoms with van der Waals surface area (Å²) >= 11 is 2.07. The van der Waals surface area contributed by atoms with Crippen LogP contribution in [0.2, 0.25) is 0 Å². The zero-order chi connectivity index (χ0) is 20.1. The Morgan fingerprint density at radius 2 is 2.07 bits per heavy atom. The molecule has 148 valence electrons. The number of likely N-dealkylation sites (tertiary alicyclic amines) is 1. The number of aliphatic carboxylic acids is 1. The summed E-state index contributed by atoms with van der Waals surface area (Å²) in [6.07, 6.45) is -3.46. The minimum Gasteiger partial charge on any atom is -0.475 e. The number of halogens is 3. The summed E-state index contributed by atoms with van der Waals surface area (Å²) in [6, 6.07) is 10.2. The van der Waals surface area contributed by atoms with Crippen molar-refractivity contribution >= 4 is 17.7 Å². The second kappa shape index (κ2) is 8.95. The number of thioether (sulfide) groups is 1. The Morgan fingerprint density at radius 3 is 2.63 bits per heavy atom. The van der Waals surface area contributed by atoms with E-state index in [4.69, 9.17) is 19.9 Å². The van der Waals surface area contributed by atoms with Gasteiger partial charge in [-0.15, -0.1) is 11.8 Å². The Kier molecular flexibility index (Phi) is 7.14. The van der Waals surface area contributed by atoms with E-state index in [1.165, 1.54) is 6.42 Å². The highest BCUT2D eigenvalue weighted by atomic mass is 32.2. The van der Waals surface area contributed by atoms with Gasteiger partial charge in [0, 0.05) is 36.7 Å². The SMILES string of the molecule is CCOC1CSC2(C1)CN(Cc1ccccc1C#N)C2.O=C(O)C(F)(F)F. The molecule has 0 aromatic heterocycles. The maximum absolute atomic E-state index is 10.6. The minimum absolute atomic E-state index is 0.418. The Balaban J connectivity index is 0.000000321. The Hall–Kier alpha value is -1.76. The molecule has 2 heterocycles. The summed E-state index contributed by atoms with van der Waals surface area (Å²) in [4.78, 5) is 11.3. The summed E-state index contributed by atoms with van der Waals surface area (Å²) in [6.45, 7) is 6.04. The summed E-state index contributed by atoms with van der Waals surface area (Å²) in [5.74, 6) is -1.62. The summed E-state index contributed by atoms with van der Waals surface area (Å²) < 4.78 is 37.9. The van der Waals surface area contributed by atoms with E-state index in [1.54, 1.807) is 0 Å². The molecule has 2 aliphatic heterocycles. The molecule has 1 aromatic rings. The highest BCUT2D eigenvalue weighted by Gasteiger charge is 2.49. The molecular formula is C18H21F3N2O3S. The number of benzene rings is 1. The molecule has 0 saturated carbocycles. The van der Waals surface area contributed by atoms with Crippen LogP contribution in [0.5, 0.6) is 0 Å². The van der Waals surface area contributed by atoms with Crippen molar-refractivity contribution < 1.29 is 27.8 Å². The van der Waals surface area contributed by atoms with Gasteiger partial charge in [0.2, 0.25) is 0 Å². The maximum Gasteiger partial charge on any atom is 0.490 e. The van der Waals surface area contributed by atoms with Gasteiger partial charge in [-0.05, 0) is 25.0 Å². The number of carboxylic acid groups (broad SMARTS) is 1. The fraction of sp³-hybridized carbons (Fsp3) is 0.556. The Bertz CT molecular complexity index is 700. The molecule has 0 radical (unpaired) electrons. The van der Waals surface area contributed by atoms with Crippen molar-refractivity contribution in [2.24, 2.45) is 0 Å². The van der Waals surface area contributed by atoms with Crippen molar-refractivity contribution in [3.63, 3.8) is 0 Å². The summed E-state index contributed by atoms with van der Waals surface area (Å²) in [7, 11) is 0. The zero-order valence-electron chi connectivity index (χ0n) is 14.8. The van der Waals surface area contributed by atoms with Gasteiger partial charge in [-0.3, -0.25) is 4.90 Å². The Morgan fingerprint density at radius 1 is 1.44 bits per heavy atom. The molecule has 3 rings (SSSR count). The van der Waals surface area contributed by atoms with Gasteiger partial charge in [0.15, 0.2) is 0 Å². The maximum atomic E-state index is 10.6. The molecule has 5 nitrogen and oxygen atoms in total. The Labute approximate surface area is 160 Å². The molecule has 1 spiro atoms. The smallest absolute Gasteiger partial charge is 0.475 e. The monoisotopic (exact) mass is 402 g/mol. The molecule has 1 unspecified atom stereocenters. The second-order valence-electron chi connectivity index (χ2n) is 6.49. The number of alkyl halides is 3. The normalized spacial score (nSPS) is 21.1. The lowest BCUT2D eigenvalue weighted by molar-refractivity contribution is -0.192. The first kappa shape index (κ1) is 21.5. The number of hydrogen-bond acceptors (Lipinski definition) is 5. The van der Waals surface area contributed by atoms with Crippen LogP contribution in [-0.4, -0.2) is 58.5 Å². The molecule has 1 N–H and O–H groups in total. The molecule has 1 atom stereocenters. The van der Waals surface area contributed by atoms with Gasteiger partial charge in [-0.2, -0.15) is 18.4 Å². The number of carboxylic acids is 1. The number of ether oxygens (including phenoxy) is 1. The zero-order valence-corrected chi connectivity index (χ0v) is 15.6. The third-order valence-corrected chi connectivity index (χ3v) is 5.95. The average molecular weight is 402 g/mol. The van der Waals surface area contributed by atoms with Gasteiger partial charge in [0.05, 0.1) is 17.7 Å². The van der Waals surface area contributed by atoms with Crippen molar-refractivity contribution in [1.82, 2.24) is 4.90 Å². The number of rotatable bonds is 4. The third-order valence-electron chi connectivity index (χ3n) is 4.38. The van der Waals surface area contributed by atoms with Crippen LogP contribution in [0.15, 0.2) is 24.3 Å². The highest BCUT2D eigenvalue weighted by Crippen LogP contribution is 2.46. The van der Waals surface area contributed by atoms with E-state index in [2.05, 4.69) is 35.7 Å². The molecule has 9 heteroatoms. The molecule has 0 amide bonds. The van der Waals surface area contributed by atoms with E-state index >= 15 is 0 Å². The lowest BCUT2D eigenvalue weighted by atomic mass is 9.92. The number of nitriles is 1. The predicted molar refractivity (Wildman–Crippen MR) is 95.3 cm³/mol. The standard InChI is InChI=1S/C16H20N2OS.C2HF3O2/c1-2-19-15-7-16(20-10-15)11-18(12-16)9-14-6-4-3-5-13(14)8-17;3-2(4,5)1(6)7/h3-6,15H,2,7,9-12H2,1H3;(H,6,7). The van der Waals surface area contributed by atoms with Crippen LogP contribution >= 0.6 is 11.8 Å². The first-order valence-electron chi connectivity index (χ1n) is 8.45. The van der Waals surface area contributed by atoms with Crippen molar-refractivity contribution in [3.05, 3.63) is 35.4 Å². The van der Waals surface area contributed by atoms with Crippen LogP contribution in [-0.2, 0) is 16.1 Å². The largest absolute Gasteiger partial charge is 0.490 e. The topological polar surface area (TPSA) is 73.6 Å². The van der Waals surface area contributed by atoms with E-state index in [0.717, 1.165) is 43.1 Å². The summed E-state index contributed by atoms with van der Waals surface area (Å²) in [5.41, 5.74) is 1.95. The molecule has 0 aliphatic carbocycles. The number of nitrogens with zero attached hydrogens (tertiary/aromatic N) is 2. The average Bonchev–Trinajstić information content (AvgIpc) is 2.99. The third kappa shape index (κ3) is 5.86. The van der Waals surface area contributed by atoms with Gasteiger partial charge in [0.25, 0.3) is 0 Å². The highest BCUT2D eigenvalue weighted by molar-refractivity contribution is 8.01. The van der Waals surface area contributed by atoms with Crippen LogP contribution in [0.4, 0.5) is 13.2 Å². The van der Waals surface area contributed by atoms with E-state index < -0.39 is 12.1 Å². The molecule has 27 heavy (non-hydrogen) atoms. The van der Waals surface area contributed by atoms with E-state index in [1.807, 2.05) is 18.2 Å². The molecule has 2 saturated heterocycles. The van der Waals surface area contributed by atoms with Gasteiger partial charge >= 0.3 is 12.1 Å². The lowest BCUT2D eigenvalue weighted by Crippen LogP contribution is -2.58. The second-order valence-corrected chi connectivity index (χ2v) is 7.98. The summed E-state index contributed by atoms with van der Waals surface area (Å²) in [5, 5.41) is 16.3. The van der Waals surface area contributed by atoms with Crippen molar-refractivity contribution in [3.8, 4) is 6.07 Å². The molecule has 1 aromatic carbocycles. The van der Waals surface area contributed by atoms with Crippen LogP contribution in [0.25, 0.3) is 0 Å². The first-order valence-corrected chi connectivity index (χ1v) is 9.43. The molecule has 2 fully saturated rings. The van der Waals surface area contributed by atoms with Crippen molar-refractivity contribution in [1.29, 1.82) is 5.26 Å². The molecular weight excluding hydrogens is 381 g/mol. The van der Waals surface area contributed by atoms with Gasteiger partial charge < -0.3 is 9.84 Å². The number of carbonyl (C=O) groups is 1. The predicted octanol–water partition coefficient (Wildman–Crippen LogP) is 3.29. The van der Waals surface area contributed by atoms with Gasteiger partial charge in [0.1, 0.15) is 0 Å². The van der Waals surface area contributed by atoms with Gasteiger partial charge in [-0.1, -0.05) is 18.2 Å². The molecule has 2 aliphatic rings. The fourth-order valence-electron chi connectivity index (χ4n) is 3.25. The lowest BCUT2D eigenvalue weighted by Gasteiger charge is -2.47. The number of hydrogen-bond donors (Lipinski definition) is 1. The minimum atomic E-state index is -5.08. The van der Waals surface area contributed by atoms with Crippen molar-refractivity contribution in [2.45, 2.75) is 36.9 Å². The van der Waals surface area contributed by atoms with Crippen LogP contribution in [0.1, 0.15) is 24.5 Å². The van der Waals surface area contributed by atoms with Crippen LogP contribution in [0.3, 0.4) is 0 Å². The quantitative estimate of drug-likeness (QED) is 0.833. The van der Waals surface area contributed by atoms with Crippen molar-refractivity contribution in [2.75, 3.05) is 25.4 Å². The van der Waals surface area contributed by atoms with E-state index in [-0.39, 0.29) is 0 Å². The fourth-order valence-corrected chi connectivity index (χ4v) is 4.86. The first-order chi connectivity index (χ1) is 12.7. The van der Waals surface area contributed by atoms with E-state index in [0.29, 0.717) is 10.9 Å². The van der Waals surface area contributed by atoms with Crippen LogP contribution < -0.4 is 0 Å².